The highest BCUT2D eigenvalue weighted by atomic mass is 16.6. The Bertz CT molecular complexity index is 3110. The summed E-state index contributed by atoms with van der Waals surface area (Å²) in [5.74, 6) is -1.75. The fourth-order valence-corrected chi connectivity index (χ4v) is 8.91. The van der Waals surface area contributed by atoms with Crippen molar-refractivity contribution in [1.29, 1.82) is 0 Å². The number of hydrogen-bond donors (Lipinski definition) is 7. The zero-order chi connectivity index (χ0) is 53.7. The highest BCUT2D eigenvalue weighted by molar-refractivity contribution is 6.12. The molecule has 396 valence electrons. The summed E-state index contributed by atoms with van der Waals surface area (Å²) in [6.07, 6.45) is 8.23. The first-order chi connectivity index (χ1) is 36.7. The number of pyridine rings is 2. The molecular weight excluding hydrogens is 973 g/mol. The number of carbonyl (C=O) groups excluding carboxylic acids is 7. The first-order valence-corrected chi connectivity index (χ1v) is 25.3. The summed E-state index contributed by atoms with van der Waals surface area (Å²) in [7, 11) is 0. The van der Waals surface area contributed by atoms with Crippen LogP contribution in [0.2, 0.25) is 0 Å². The Hall–Kier alpha value is -8.95. The molecule has 0 radical (unpaired) electrons. The highest BCUT2D eigenvalue weighted by Crippen LogP contribution is 2.30. The summed E-state index contributed by atoms with van der Waals surface area (Å²) >= 11 is 0. The summed E-state index contributed by atoms with van der Waals surface area (Å²) in [6.45, 7) is 7.16. The minimum Gasteiger partial charge on any atom is -0.445 e. The maximum atomic E-state index is 13.7. The van der Waals surface area contributed by atoms with Gasteiger partial charge in [0, 0.05) is 73.6 Å². The van der Waals surface area contributed by atoms with Crippen LogP contribution in [0.1, 0.15) is 80.6 Å². The van der Waals surface area contributed by atoms with Gasteiger partial charge in [-0.2, -0.15) is 5.10 Å². The summed E-state index contributed by atoms with van der Waals surface area (Å²) in [5, 5.41) is 18.7. The Labute approximate surface area is 438 Å². The van der Waals surface area contributed by atoms with Crippen molar-refractivity contribution >= 4 is 58.7 Å². The maximum absolute atomic E-state index is 13.7. The minimum absolute atomic E-state index is 0.0118. The van der Waals surface area contributed by atoms with Gasteiger partial charge in [-0.1, -0.05) is 44.5 Å². The Morgan fingerprint density at radius 1 is 0.855 bits per heavy atom. The van der Waals surface area contributed by atoms with E-state index in [2.05, 4.69) is 47.7 Å². The van der Waals surface area contributed by atoms with E-state index in [1.54, 1.807) is 47.5 Å². The lowest BCUT2D eigenvalue weighted by Crippen LogP contribution is -2.54. The Balaban J connectivity index is 0.818. The number of aromatic nitrogens is 6. The molecule has 0 saturated heterocycles. The number of amides is 8. The Morgan fingerprint density at radius 2 is 1.64 bits per heavy atom. The first-order valence-electron chi connectivity index (χ1n) is 25.3. The molecule has 8 amide bonds. The quantitative estimate of drug-likeness (QED) is 0.0317. The molecule has 22 nitrogen and oxygen atoms in total. The molecule has 8 rings (SSSR count). The van der Waals surface area contributed by atoms with Crippen LogP contribution in [0, 0.1) is 12.8 Å². The van der Waals surface area contributed by atoms with Crippen LogP contribution in [0.4, 0.5) is 21.0 Å². The molecule has 0 saturated carbocycles. The number of aromatic amines is 1. The van der Waals surface area contributed by atoms with Crippen LogP contribution in [0.3, 0.4) is 0 Å². The van der Waals surface area contributed by atoms with E-state index < -0.39 is 36.0 Å². The summed E-state index contributed by atoms with van der Waals surface area (Å²) < 4.78 is 7.46. The second-order valence-corrected chi connectivity index (χ2v) is 19.1. The predicted octanol–water partition coefficient (Wildman–Crippen LogP) is 5.29. The van der Waals surface area contributed by atoms with Crippen LogP contribution in [0.15, 0.2) is 97.5 Å². The molecule has 0 fully saturated rings. The zero-order valence-corrected chi connectivity index (χ0v) is 42.6. The van der Waals surface area contributed by atoms with Gasteiger partial charge in [-0.05, 0) is 110 Å². The number of carbonyl (C=O) groups is 7. The van der Waals surface area contributed by atoms with Crippen molar-refractivity contribution in [2.75, 3.05) is 30.3 Å². The van der Waals surface area contributed by atoms with Gasteiger partial charge >= 0.3 is 12.1 Å². The summed E-state index contributed by atoms with van der Waals surface area (Å²) in [6, 6.07) is 19.9. The van der Waals surface area contributed by atoms with Gasteiger partial charge in [0.1, 0.15) is 30.8 Å². The van der Waals surface area contributed by atoms with Crippen molar-refractivity contribution in [3.8, 4) is 22.6 Å². The lowest BCUT2D eigenvalue weighted by Gasteiger charge is -2.28. The number of urea groups is 1. The molecule has 6 heterocycles. The van der Waals surface area contributed by atoms with Crippen molar-refractivity contribution in [2.45, 2.75) is 97.5 Å². The molecule has 22 heteroatoms. The molecule has 4 aromatic heterocycles. The Kier molecular flexibility index (Phi) is 17.4. The van der Waals surface area contributed by atoms with Gasteiger partial charge in [0.15, 0.2) is 5.65 Å². The number of rotatable bonds is 23. The lowest BCUT2D eigenvalue weighted by atomic mass is 9.99. The number of unbranched alkanes of at least 4 members (excludes halogenated alkanes) is 2. The van der Waals surface area contributed by atoms with Crippen LogP contribution >= 0.6 is 0 Å². The van der Waals surface area contributed by atoms with Crippen molar-refractivity contribution in [1.82, 2.24) is 55.3 Å². The second kappa shape index (κ2) is 24.9. The van der Waals surface area contributed by atoms with Gasteiger partial charge in [0.05, 0.1) is 23.6 Å². The normalized spacial score (nSPS) is 13.8. The number of nitrogens with one attached hydrogen (secondary N) is 6. The van der Waals surface area contributed by atoms with E-state index in [0.29, 0.717) is 68.8 Å². The molecular formula is C54H62N14O8. The van der Waals surface area contributed by atoms with Gasteiger partial charge in [0.2, 0.25) is 17.7 Å². The SMILES string of the molecule is Cc1cccc(-c2[nH]c(CNc3ccc4c(c3)CN(C(=O)OCc3ccc(NC(=O)C(CCCNC(N)=O)NC(=O)[C@@H](NC(=O)CCCCCN5C(=O)C=CC5=O)C(C)C)cc3)CC4)nc2-c2ccc3ncnn3c2)n1. The molecule has 0 bridgehead atoms. The third-order valence-corrected chi connectivity index (χ3v) is 13.0. The van der Waals surface area contributed by atoms with Gasteiger partial charge in [-0.15, -0.1) is 0 Å². The largest absolute Gasteiger partial charge is 0.445 e. The van der Waals surface area contributed by atoms with E-state index >= 15 is 0 Å². The van der Waals surface area contributed by atoms with Crippen LogP contribution in [0.5, 0.6) is 0 Å². The molecule has 2 aliphatic rings. The van der Waals surface area contributed by atoms with Crippen LogP contribution < -0.4 is 32.3 Å². The molecule has 6 aromatic rings. The van der Waals surface area contributed by atoms with Gasteiger partial charge in [0.25, 0.3) is 11.8 Å². The molecule has 0 aliphatic carbocycles. The number of nitrogens with zero attached hydrogens (tertiary/aromatic N) is 7. The molecule has 0 spiro atoms. The number of benzene rings is 2. The smallest absolute Gasteiger partial charge is 0.410 e. The van der Waals surface area contributed by atoms with Gasteiger partial charge in [-0.3, -0.25) is 33.9 Å². The summed E-state index contributed by atoms with van der Waals surface area (Å²) in [5.41, 5.74) is 14.1. The maximum Gasteiger partial charge on any atom is 0.410 e. The molecule has 2 atom stereocenters. The fourth-order valence-electron chi connectivity index (χ4n) is 8.91. The fraction of sp³-hybridized carbons (Fsp3) is 0.352. The number of imide groups is 1. The van der Waals surface area contributed by atoms with Gasteiger partial charge in [-0.25, -0.2) is 24.1 Å². The number of ether oxygens (including phenoxy) is 1. The third kappa shape index (κ3) is 14.0. The zero-order valence-electron chi connectivity index (χ0n) is 42.6. The van der Waals surface area contributed by atoms with E-state index in [-0.39, 0.29) is 56.2 Å². The lowest BCUT2D eigenvalue weighted by molar-refractivity contribution is -0.137. The minimum atomic E-state index is -1.04. The number of imidazole rings is 1. The monoisotopic (exact) mass is 1030 g/mol. The molecule has 8 N–H and O–H groups in total. The standard InChI is InChI=1S/C54H62N14O8/c1-33(2)48(65-45(69)12-5-4-6-25-67-46(70)21-22-47(67)71)52(73)62-42(11-8-24-56-53(55)74)51(72)61-39-17-13-35(14-18-39)31-76-54(75)66-26-23-36-15-19-40(27-38(36)29-66)57-28-43-63-49(37-16-20-44-58-32-59-68(44)30-37)50(64-43)41-10-7-9-34(3)60-41/h7,9-10,13-22,27,30,32-33,42,48,57H,4-6,8,11-12,23-26,28-29,31H2,1-3H3,(H,61,72)(H,62,73)(H,63,64)(H,65,69)(H3,55,56,74)/t42?,48-/m0/s1. The molecule has 2 aromatic carbocycles. The second-order valence-electron chi connectivity index (χ2n) is 19.1. The summed E-state index contributed by atoms with van der Waals surface area (Å²) in [4.78, 5) is 109. The number of primary amides is 1. The number of anilines is 2. The van der Waals surface area contributed by atoms with E-state index in [0.717, 1.165) is 55.7 Å². The van der Waals surface area contributed by atoms with Crippen molar-refractivity contribution in [3.63, 3.8) is 0 Å². The average molecular weight is 1040 g/mol. The van der Waals surface area contributed by atoms with E-state index in [9.17, 15) is 33.6 Å². The van der Waals surface area contributed by atoms with Crippen LogP contribution in [-0.2, 0) is 54.8 Å². The van der Waals surface area contributed by atoms with Crippen LogP contribution in [0.25, 0.3) is 28.3 Å². The number of fused-ring (bicyclic) bond motifs is 2. The van der Waals surface area contributed by atoms with Crippen LogP contribution in [-0.4, -0.2) is 113 Å². The first kappa shape index (κ1) is 53.3. The molecule has 2 aliphatic heterocycles. The highest BCUT2D eigenvalue weighted by Gasteiger charge is 2.30. The van der Waals surface area contributed by atoms with Crippen molar-refractivity contribution in [3.05, 3.63) is 126 Å². The number of H-pyrrole nitrogens is 1. The average Bonchev–Trinajstić information content (AvgIpc) is 4.18. The van der Waals surface area contributed by atoms with E-state index in [1.165, 1.54) is 18.5 Å². The van der Waals surface area contributed by atoms with E-state index in [1.807, 2.05) is 55.6 Å². The number of aryl methyl sites for hydroxylation is 1. The topological polar surface area (TPSA) is 293 Å². The Morgan fingerprint density at radius 3 is 2.41 bits per heavy atom. The molecule has 76 heavy (non-hydrogen) atoms. The number of hydrogen-bond acceptors (Lipinski definition) is 13. The van der Waals surface area contributed by atoms with Crippen molar-refractivity contribution in [2.24, 2.45) is 11.7 Å². The third-order valence-electron chi connectivity index (χ3n) is 13.0. The van der Waals surface area contributed by atoms with Crippen molar-refractivity contribution < 1.29 is 38.3 Å². The molecule has 1 unspecified atom stereocenters. The number of nitrogens with two attached hydrogens (primary N) is 1. The van der Waals surface area contributed by atoms with E-state index in [4.69, 9.17) is 20.4 Å². The van der Waals surface area contributed by atoms with Gasteiger partial charge < -0.3 is 46.9 Å². The predicted molar refractivity (Wildman–Crippen MR) is 282 cm³/mol.